The largest absolute Gasteiger partial charge is 0.479 e. The summed E-state index contributed by atoms with van der Waals surface area (Å²) < 4.78 is 39.0. The van der Waals surface area contributed by atoms with Crippen LogP contribution in [0.2, 0.25) is 0 Å². The number of carbonyl (C=O) groups is 1. The van der Waals surface area contributed by atoms with Crippen LogP contribution in [0.25, 0.3) is 0 Å². The van der Waals surface area contributed by atoms with Crippen LogP contribution in [0.15, 0.2) is 23.1 Å². The number of aliphatic carboxylic acids is 1. The summed E-state index contributed by atoms with van der Waals surface area (Å²) >= 11 is 0. The van der Waals surface area contributed by atoms with Gasteiger partial charge in [0.15, 0.2) is 0 Å². The second kappa shape index (κ2) is 5.60. The minimum atomic E-state index is -4.40. The van der Waals surface area contributed by atoms with Crippen LogP contribution in [-0.2, 0) is 21.2 Å². The molecule has 22 heavy (non-hydrogen) atoms. The zero-order chi connectivity index (χ0) is 16.7. The van der Waals surface area contributed by atoms with Crippen molar-refractivity contribution in [3.05, 3.63) is 29.6 Å². The van der Waals surface area contributed by atoms with Crippen LogP contribution >= 0.6 is 0 Å². The fourth-order valence-corrected chi connectivity index (χ4v) is 4.42. The molecule has 8 heteroatoms. The van der Waals surface area contributed by atoms with Crippen molar-refractivity contribution >= 4 is 15.8 Å². The van der Waals surface area contributed by atoms with Crippen molar-refractivity contribution in [3.63, 3.8) is 0 Å². The first-order chi connectivity index (χ1) is 10.2. The molecule has 1 fully saturated rings. The van der Waals surface area contributed by atoms with Crippen molar-refractivity contribution < 1.29 is 22.7 Å². The summed E-state index contributed by atoms with van der Waals surface area (Å²) in [6, 6.07) is 3.03. The van der Waals surface area contributed by atoms with Crippen LogP contribution in [0.4, 0.5) is 4.39 Å². The lowest BCUT2D eigenvalue weighted by atomic mass is 9.97. The Kier molecular flexibility index (Phi) is 4.29. The van der Waals surface area contributed by atoms with Crippen LogP contribution in [0.1, 0.15) is 25.3 Å². The summed E-state index contributed by atoms with van der Waals surface area (Å²) in [5.41, 5.74) is 11.2. The molecule has 0 aromatic heterocycles. The van der Waals surface area contributed by atoms with Crippen LogP contribution in [0.5, 0.6) is 0 Å². The van der Waals surface area contributed by atoms with Gasteiger partial charge in [-0.15, -0.1) is 0 Å². The Hall–Kier alpha value is -1.51. The Morgan fingerprint density at radius 2 is 2.09 bits per heavy atom. The van der Waals surface area contributed by atoms with Gasteiger partial charge in [0.2, 0.25) is 14.7 Å². The number of halogens is 1. The molecular formula is C14H19FN2O4S. The van der Waals surface area contributed by atoms with Crippen LogP contribution in [0, 0.1) is 17.7 Å². The third kappa shape index (κ3) is 2.51. The fraction of sp³-hybridized carbons (Fsp3) is 0.500. The highest BCUT2D eigenvalue weighted by Gasteiger charge is 2.56. The molecule has 2 atom stereocenters. The lowest BCUT2D eigenvalue weighted by molar-refractivity contribution is -0.141. The highest BCUT2D eigenvalue weighted by molar-refractivity contribution is 7.93. The molecule has 0 amide bonds. The number of hydrogen-bond acceptors (Lipinski definition) is 5. The SMILES string of the molecule is C[C@@H](C1CC1)[C@](N)(C(=O)O)S(=O)(=O)c1ccc(F)c(CN)c1. The molecule has 1 aliphatic rings. The first-order valence-corrected chi connectivity index (χ1v) is 8.40. The number of rotatable bonds is 6. The Balaban J connectivity index is 2.57. The first-order valence-electron chi connectivity index (χ1n) is 6.91. The van der Waals surface area contributed by atoms with Gasteiger partial charge in [0.1, 0.15) is 5.82 Å². The zero-order valence-electron chi connectivity index (χ0n) is 12.1. The summed E-state index contributed by atoms with van der Waals surface area (Å²) in [6.45, 7) is 1.33. The monoisotopic (exact) mass is 330 g/mol. The van der Waals surface area contributed by atoms with E-state index in [9.17, 15) is 22.7 Å². The number of hydrogen-bond donors (Lipinski definition) is 3. The zero-order valence-corrected chi connectivity index (χ0v) is 12.9. The fourth-order valence-electron chi connectivity index (χ4n) is 2.57. The summed E-state index contributed by atoms with van der Waals surface area (Å²) in [4.78, 5) is 8.86. The quantitative estimate of drug-likeness (QED) is 0.664. The Bertz CT molecular complexity index is 703. The van der Waals surface area contributed by atoms with Gasteiger partial charge in [-0.05, 0) is 37.0 Å². The number of benzene rings is 1. The average Bonchev–Trinajstić information content (AvgIpc) is 3.29. The summed E-state index contributed by atoms with van der Waals surface area (Å²) in [6.07, 6.45) is 1.50. The lowest BCUT2D eigenvalue weighted by Crippen LogP contribution is -2.59. The van der Waals surface area contributed by atoms with Gasteiger partial charge in [-0.2, -0.15) is 0 Å². The highest BCUT2D eigenvalue weighted by Crippen LogP contribution is 2.44. The molecule has 0 spiro atoms. The van der Waals surface area contributed by atoms with Crippen LogP contribution < -0.4 is 11.5 Å². The van der Waals surface area contributed by atoms with E-state index in [0.717, 1.165) is 31.0 Å². The minimum Gasteiger partial charge on any atom is -0.479 e. The van der Waals surface area contributed by atoms with E-state index >= 15 is 0 Å². The maximum Gasteiger partial charge on any atom is 0.340 e. The third-order valence-corrected chi connectivity index (χ3v) is 6.64. The van der Waals surface area contributed by atoms with Crippen molar-refractivity contribution in [1.29, 1.82) is 0 Å². The molecular weight excluding hydrogens is 311 g/mol. The Labute approximate surface area is 128 Å². The number of carboxylic acids is 1. The van der Waals surface area contributed by atoms with Gasteiger partial charge in [0.05, 0.1) is 4.90 Å². The van der Waals surface area contributed by atoms with Gasteiger partial charge in [-0.25, -0.2) is 17.6 Å². The smallest absolute Gasteiger partial charge is 0.340 e. The normalized spacial score (nSPS) is 19.5. The molecule has 0 aliphatic heterocycles. The van der Waals surface area contributed by atoms with Crippen molar-refractivity contribution in [2.45, 2.75) is 36.1 Å². The lowest BCUT2D eigenvalue weighted by Gasteiger charge is -2.31. The maximum atomic E-state index is 13.5. The van der Waals surface area contributed by atoms with E-state index < -0.39 is 32.4 Å². The molecule has 5 N–H and O–H groups in total. The van der Waals surface area contributed by atoms with E-state index in [4.69, 9.17) is 11.5 Å². The topological polar surface area (TPSA) is 123 Å². The minimum absolute atomic E-state index is 0.00658. The molecule has 6 nitrogen and oxygen atoms in total. The second-order valence-electron chi connectivity index (χ2n) is 5.69. The molecule has 0 unspecified atom stereocenters. The average molecular weight is 330 g/mol. The van der Waals surface area contributed by atoms with Crippen LogP contribution in [0.3, 0.4) is 0 Å². The van der Waals surface area contributed by atoms with Crippen molar-refractivity contribution in [2.24, 2.45) is 23.3 Å². The summed E-state index contributed by atoms with van der Waals surface area (Å²) in [5, 5.41) is 9.45. The van der Waals surface area contributed by atoms with Crippen LogP contribution in [-0.4, -0.2) is 24.4 Å². The van der Waals surface area contributed by atoms with Crippen molar-refractivity contribution in [2.75, 3.05) is 0 Å². The molecule has 1 aromatic carbocycles. The number of sulfone groups is 1. The van der Waals surface area contributed by atoms with Crippen molar-refractivity contribution in [1.82, 2.24) is 0 Å². The Morgan fingerprint density at radius 1 is 1.50 bits per heavy atom. The molecule has 1 saturated carbocycles. The first kappa shape index (κ1) is 16.9. The molecule has 0 saturated heterocycles. The van der Waals surface area contributed by atoms with Gasteiger partial charge in [-0.1, -0.05) is 6.92 Å². The predicted octanol–water partition coefficient (Wildman–Crippen LogP) is 0.844. The molecule has 122 valence electrons. The number of nitrogens with two attached hydrogens (primary N) is 2. The second-order valence-corrected chi connectivity index (χ2v) is 7.84. The Morgan fingerprint density at radius 3 is 2.55 bits per heavy atom. The maximum absolute atomic E-state index is 13.5. The summed E-state index contributed by atoms with van der Waals surface area (Å²) in [7, 11) is -4.40. The molecule has 0 bridgehead atoms. The van der Waals surface area contributed by atoms with E-state index in [2.05, 4.69) is 0 Å². The van der Waals surface area contributed by atoms with Gasteiger partial charge in [0.25, 0.3) is 0 Å². The molecule has 0 heterocycles. The molecule has 1 aromatic rings. The van der Waals surface area contributed by atoms with E-state index in [0.29, 0.717) is 0 Å². The van der Waals surface area contributed by atoms with Gasteiger partial charge in [-0.3, -0.25) is 0 Å². The highest BCUT2D eigenvalue weighted by atomic mass is 32.2. The van der Waals surface area contributed by atoms with Crippen molar-refractivity contribution in [3.8, 4) is 0 Å². The third-order valence-electron chi connectivity index (χ3n) is 4.33. The summed E-state index contributed by atoms with van der Waals surface area (Å²) in [5.74, 6) is -3.04. The standard InChI is InChI=1S/C14H19FN2O4S/c1-8(9-2-3-9)14(17,13(18)19)22(20,21)11-4-5-12(15)10(6-11)7-16/h4-6,8-9H,2-3,7,16-17H2,1H3,(H,18,19)/t8-,14+/m0/s1. The van der Waals surface area contributed by atoms with Gasteiger partial charge < -0.3 is 16.6 Å². The van der Waals surface area contributed by atoms with Gasteiger partial charge >= 0.3 is 5.97 Å². The van der Waals surface area contributed by atoms with E-state index in [-0.39, 0.29) is 22.9 Å². The predicted molar refractivity (Wildman–Crippen MR) is 77.9 cm³/mol. The van der Waals surface area contributed by atoms with E-state index in [1.54, 1.807) is 0 Å². The molecule has 1 aliphatic carbocycles. The van der Waals surface area contributed by atoms with E-state index in [1.807, 2.05) is 0 Å². The molecule has 2 rings (SSSR count). The molecule has 0 radical (unpaired) electrons. The van der Waals surface area contributed by atoms with E-state index in [1.165, 1.54) is 6.92 Å². The van der Waals surface area contributed by atoms with Gasteiger partial charge in [0, 0.05) is 18.0 Å². The number of carboxylic acid groups (broad SMARTS) is 1.